The van der Waals surface area contributed by atoms with Gasteiger partial charge in [-0.25, -0.2) is 8.78 Å². The molecule has 1 heterocycles. The summed E-state index contributed by atoms with van der Waals surface area (Å²) >= 11 is 0. The Morgan fingerprint density at radius 2 is 1.76 bits per heavy atom. The molecular weight excluding hydrogens is 274 g/mol. The summed E-state index contributed by atoms with van der Waals surface area (Å²) in [6.07, 6.45) is 0. The van der Waals surface area contributed by atoms with Crippen LogP contribution in [0.4, 0.5) is 14.6 Å². The summed E-state index contributed by atoms with van der Waals surface area (Å²) < 4.78 is 32.1. The number of anilines is 1. The molecule has 0 saturated carbocycles. The Morgan fingerprint density at radius 1 is 1.05 bits per heavy atom. The molecule has 3 nitrogen and oxygen atoms in total. The van der Waals surface area contributed by atoms with Gasteiger partial charge in [0.1, 0.15) is 11.6 Å². The van der Waals surface area contributed by atoms with Gasteiger partial charge < -0.3 is 10.3 Å². The maximum Gasteiger partial charge on any atom is 0.179 e. The first-order valence-electron chi connectivity index (χ1n) is 6.34. The Kier molecular flexibility index (Phi) is 3.17. The number of halogens is 2. The predicted octanol–water partition coefficient (Wildman–Crippen LogP) is 4.18. The van der Waals surface area contributed by atoms with Gasteiger partial charge in [-0.2, -0.15) is 0 Å². The Morgan fingerprint density at radius 3 is 2.43 bits per heavy atom. The number of nitrogens with two attached hydrogens (primary N) is 1. The molecule has 0 saturated heterocycles. The molecule has 106 valence electrons. The number of aromatic nitrogens is 1. The zero-order valence-electron chi connectivity index (χ0n) is 11.2. The molecule has 2 aromatic carbocycles. The van der Waals surface area contributed by atoms with Gasteiger partial charge in [0.15, 0.2) is 11.6 Å². The van der Waals surface area contributed by atoms with Crippen molar-refractivity contribution < 1.29 is 13.3 Å². The van der Waals surface area contributed by atoms with Crippen LogP contribution in [-0.4, -0.2) is 5.16 Å². The fourth-order valence-electron chi connectivity index (χ4n) is 2.16. The Hall–Kier alpha value is -2.69. The van der Waals surface area contributed by atoms with Crippen LogP contribution in [0.5, 0.6) is 0 Å². The van der Waals surface area contributed by atoms with Gasteiger partial charge in [0, 0.05) is 6.07 Å². The van der Waals surface area contributed by atoms with Gasteiger partial charge in [0.2, 0.25) is 0 Å². The van der Waals surface area contributed by atoms with E-state index >= 15 is 0 Å². The minimum Gasteiger partial charge on any atom is -0.380 e. The van der Waals surface area contributed by atoms with Gasteiger partial charge in [-0.3, -0.25) is 0 Å². The average molecular weight is 286 g/mol. The smallest absolute Gasteiger partial charge is 0.179 e. The highest BCUT2D eigenvalue weighted by atomic mass is 19.1. The number of nitrogen functional groups attached to an aromatic ring is 1. The molecule has 0 aliphatic heterocycles. The molecule has 0 aliphatic carbocycles. The monoisotopic (exact) mass is 286 g/mol. The van der Waals surface area contributed by atoms with Gasteiger partial charge in [0.25, 0.3) is 0 Å². The zero-order chi connectivity index (χ0) is 15.0. The van der Waals surface area contributed by atoms with Crippen molar-refractivity contribution in [3.8, 4) is 22.5 Å². The predicted molar refractivity (Wildman–Crippen MR) is 76.4 cm³/mol. The molecule has 3 aromatic rings. The second-order valence-electron chi connectivity index (χ2n) is 4.76. The summed E-state index contributed by atoms with van der Waals surface area (Å²) in [7, 11) is 0. The van der Waals surface area contributed by atoms with Crippen LogP contribution in [0.15, 0.2) is 47.0 Å². The Labute approximate surface area is 120 Å². The largest absolute Gasteiger partial charge is 0.380 e. The van der Waals surface area contributed by atoms with E-state index in [-0.39, 0.29) is 17.1 Å². The molecule has 0 atom stereocenters. The Bertz CT molecular complexity index is 795. The standard InChI is InChI=1S/C16H12F2N2O/c1-9-2-4-10(5-3-9)14-15(21-20-16(14)19)12-7-6-11(17)8-13(12)18/h2-8H,1H3,(H2,19,20). The molecule has 3 rings (SSSR count). The first kappa shape index (κ1) is 13.3. The van der Waals surface area contributed by atoms with Crippen molar-refractivity contribution in [1.82, 2.24) is 5.16 Å². The van der Waals surface area contributed by atoms with Crippen LogP contribution in [0, 0.1) is 18.6 Å². The summed E-state index contributed by atoms with van der Waals surface area (Å²) in [4.78, 5) is 0. The fraction of sp³-hybridized carbons (Fsp3) is 0.0625. The number of aryl methyl sites for hydroxylation is 1. The van der Waals surface area contributed by atoms with Crippen LogP contribution in [0.3, 0.4) is 0 Å². The van der Waals surface area contributed by atoms with E-state index in [1.165, 1.54) is 6.07 Å². The average Bonchev–Trinajstić information content (AvgIpc) is 2.82. The zero-order valence-corrected chi connectivity index (χ0v) is 11.2. The molecule has 0 amide bonds. The highest BCUT2D eigenvalue weighted by molar-refractivity contribution is 5.86. The lowest BCUT2D eigenvalue weighted by atomic mass is 10.0. The van der Waals surface area contributed by atoms with Crippen molar-refractivity contribution in [2.24, 2.45) is 0 Å². The minimum atomic E-state index is -0.723. The summed E-state index contributed by atoms with van der Waals surface area (Å²) in [6, 6.07) is 10.8. The normalized spacial score (nSPS) is 10.8. The molecule has 21 heavy (non-hydrogen) atoms. The number of nitrogens with zero attached hydrogens (tertiary/aromatic N) is 1. The second-order valence-corrected chi connectivity index (χ2v) is 4.76. The van der Waals surface area contributed by atoms with E-state index in [9.17, 15) is 8.78 Å². The molecule has 2 N–H and O–H groups in total. The first-order valence-corrected chi connectivity index (χ1v) is 6.34. The highest BCUT2D eigenvalue weighted by Gasteiger charge is 2.20. The lowest BCUT2D eigenvalue weighted by Gasteiger charge is -2.04. The van der Waals surface area contributed by atoms with E-state index in [1.54, 1.807) is 0 Å². The first-order chi connectivity index (χ1) is 10.1. The molecule has 1 aromatic heterocycles. The lowest BCUT2D eigenvalue weighted by Crippen LogP contribution is -1.91. The topological polar surface area (TPSA) is 52.0 Å². The molecule has 0 unspecified atom stereocenters. The number of hydrogen-bond acceptors (Lipinski definition) is 3. The van der Waals surface area contributed by atoms with E-state index in [0.29, 0.717) is 5.56 Å². The number of hydrogen-bond donors (Lipinski definition) is 1. The van der Waals surface area contributed by atoms with E-state index < -0.39 is 11.6 Å². The van der Waals surface area contributed by atoms with Crippen LogP contribution >= 0.6 is 0 Å². The van der Waals surface area contributed by atoms with E-state index in [0.717, 1.165) is 23.3 Å². The van der Waals surface area contributed by atoms with Gasteiger partial charge in [0.05, 0.1) is 11.1 Å². The van der Waals surface area contributed by atoms with Gasteiger partial charge in [-0.15, -0.1) is 0 Å². The van der Waals surface area contributed by atoms with Crippen molar-refractivity contribution >= 4 is 5.82 Å². The maximum absolute atomic E-state index is 13.9. The SMILES string of the molecule is Cc1ccc(-c2c(N)noc2-c2ccc(F)cc2F)cc1. The van der Waals surface area contributed by atoms with Gasteiger partial charge >= 0.3 is 0 Å². The minimum absolute atomic E-state index is 0.121. The molecule has 0 aliphatic rings. The van der Waals surface area contributed by atoms with E-state index in [4.69, 9.17) is 10.3 Å². The molecule has 0 radical (unpaired) electrons. The van der Waals surface area contributed by atoms with Crippen LogP contribution in [0.25, 0.3) is 22.5 Å². The molecule has 0 bridgehead atoms. The van der Waals surface area contributed by atoms with Gasteiger partial charge in [-0.05, 0) is 24.6 Å². The summed E-state index contributed by atoms with van der Waals surface area (Å²) in [5.41, 5.74) is 8.30. The van der Waals surface area contributed by atoms with Crippen LogP contribution in [-0.2, 0) is 0 Å². The molecule has 5 heteroatoms. The molecular formula is C16H12F2N2O. The van der Waals surface area contributed by atoms with E-state index in [2.05, 4.69) is 5.16 Å². The van der Waals surface area contributed by atoms with E-state index in [1.807, 2.05) is 31.2 Å². The molecule has 0 spiro atoms. The Balaban J connectivity index is 2.19. The fourth-order valence-corrected chi connectivity index (χ4v) is 2.16. The third-order valence-electron chi connectivity index (χ3n) is 3.23. The summed E-state index contributed by atoms with van der Waals surface area (Å²) in [5, 5.41) is 3.70. The maximum atomic E-state index is 13.9. The van der Waals surface area contributed by atoms with Crippen molar-refractivity contribution in [3.63, 3.8) is 0 Å². The third kappa shape index (κ3) is 2.38. The molecule has 0 fully saturated rings. The van der Waals surface area contributed by atoms with Crippen LogP contribution in [0.2, 0.25) is 0 Å². The van der Waals surface area contributed by atoms with Crippen molar-refractivity contribution in [2.75, 3.05) is 5.73 Å². The summed E-state index contributed by atoms with van der Waals surface area (Å²) in [6.45, 7) is 1.96. The number of benzene rings is 2. The van der Waals surface area contributed by atoms with Crippen molar-refractivity contribution in [3.05, 3.63) is 59.7 Å². The highest BCUT2D eigenvalue weighted by Crippen LogP contribution is 2.37. The van der Waals surface area contributed by atoms with Crippen LogP contribution in [0.1, 0.15) is 5.56 Å². The van der Waals surface area contributed by atoms with Crippen molar-refractivity contribution in [1.29, 1.82) is 0 Å². The summed E-state index contributed by atoms with van der Waals surface area (Å²) in [5.74, 6) is -1.02. The number of rotatable bonds is 2. The van der Waals surface area contributed by atoms with Crippen LogP contribution < -0.4 is 5.73 Å². The lowest BCUT2D eigenvalue weighted by molar-refractivity contribution is 0.433. The van der Waals surface area contributed by atoms with Gasteiger partial charge in [-0.1, -0.05) is 35.0 Å². The van der Waals surface area contributed by atoms with Crippen molar-refractivity contribution in [2.45, 2.75) is 6.92 Å². The third-order valence-corrected chi connectivity index (χ3v) is 3.23. The quantitative estimate of drug-likeness (QED) is 0.769. The second kappa shape index (κ2) is 5.01.